The largest absolute Gasteiger partial charge is 0.301 e. The highest BCUT2D eigenvalue weighted by Gasteiger charge is 1.97. The Bertz CT molecular complexity index is 184. The van der Waals surface area contributed by atoms with Gasteiger partial charge in [-0.1, -0.05) is 0 Å². The van der Waals surface area contributed by atoms with Gasteiger partial charge in [-0.2, -0.15) is 24.0 Å². The van der Waals surface area contributed by atoms with E-state index in [9.17, 15) is 0 Å². The molecule has 1 aromatic rings. The molecule has 0 spiro atoms. The molecule has 0 radical (unpaired) electrons. The summed E-state index contributed by atoms with van der Waals surface area (Å²) in [7, 11) is 2.12. The number of nitrogens with zero attached hydrogens (tertiary/aromatic N) is 1. The minimum Gasteiger partial charge on any atom is -0.301 e. The summed E-state index contributed by atoms with van der Waals surface area (Å²) in [4.78, 5) is 2.27. The Morgan fingerprint density at radius 3 is 3.00 bits per heavy atom. The lowest BCUT2D eigenvalue weighted by Gasteiger charge is -2.13. The molecular weight excluding hydrogens is 174 g/mol. The van der Waals surface area contributed by atoms with Gasteiger partial charge in [0, 0.05) is 18.8 Å². The molecule has 0 amide bonds. The van der Waals surface area contributed by atoms with Crippen LogP contribution in [0, 0.1) is 0 Å². The molecule has 0 N–H and O–H groups in total. The molecule has 0 aliphatic carbocycles. The third-order valence-electron chi connectivity index (χ3n) is 1.51. The molecule has 0 unspecified atom stereocenters. The first-order valence-corrected chi connectivity index (χ1v) is 5.21. The summed E-state index contributed by atoms with van der Waals surface area (Å²) < 4.78 is 0. The van der Waals surface area contributed by atoms with Crippen LogP contribution in [-0.2, 0) is 6.54 Å². The van der Waals surface area contributed by atoms with Crippen LogP contribution in [0.25, 0.3) is 0 Å². The fourth-order valence-electron chi connectivity index (χ4n) is 0.944. The van der Waals surface area contributed by atoms with Crippen LogP contribution in [0.4, 0.5) is 0 Å². The second kappa shape index (κ2) is 4.80. The summed E-state index contributed by atoms with van der Waals surface area (Å²) in [5, 5.41) is 4.30. The van der Waals surface area contributed by atoms with Crippen molar-refractivity contribution in [3.63, 3.8) is 0 Å². The topological polar surface area (TPSA) is 3.24 Å². The minimum atomic E-state index is 0.931. The summed E-state index contributed by atoms with van der Waals surface area (Å²) >= 11 is 5.93. The van der Waals surface area contributed by atoms with Crippen LogP contribution < -0.4 is 0 Å². The van der Waals surface area contributed by atoms with Crippen molar-refractivity contribution in [2.24, 2.45) is 0 Å². The van der Waals surface area contributed by atoms with Gasteiger partial charge in [-0.05, 0) is 29.4 Å². The zero-order chi connectivity index (χ0) is 8.10. The Morgan fingerprint density at radius 2 is 2.45 bits per heavy atom. The third kappa shape index (κ3) is 3.27. The van der Waals surface area contributed by atoms with E-state index in [1.54, 1.807) is 11.3 Å². The molecule has 0 atom stereocenters. The molecule has 3 heteroatoms. The van der Waals surface area contributed by atoms with Gasteiger partial charge in [0.1, 0.15) is 0 Å². The van der Waals surface area contributed by atoms with Crippen LogP contribution in [0.1, 0.15) is 5.56 Å². The SMILES string of the molecule is CN(CCS)Cc1ccsc1. The van der Waals surface area contributed by atoms with Gasteiger partial charge in [0.25, 0.3) is 0 Å². The van der Waals surface area contributed by atoms with Gasteiger partial charge in [-0.15, -0.1) is 0 Å². The molecule has 0 aliphatic heterocycles. The number of thiophene rings is 1. The fraction of sp³-hybridized carbons (Fsp3) is 0.500. The van der Waals surface area contributed by atoms with Gasteiger partial charge in [0.05, 0.1) is 0 Å². The number of thiol groups is 1. The highest BCUT2D eigenvalue weighted by molar-refractivity contribution is 7.80. The van der Waals surface area contributed by atoms with Crippen molar-refractivity contribution in [3.05, 3.63) is 22.4 Å². The van der Waals surface area contributed by atoms with Gasteiger partial charge in [0.15, 0.2) is 0 Å². The Hall–Kier alpha value is 0.01000. The molecule has 0 aromatic carbocycles. The van der Waals surface area contributed by atoms with Gasteiger partial charge >= 0.3 is 0 Å². The van der Waals surface area contributed by atoms with Crippen LogP contribution in [-0.4, -0.2) is 24.2 Å². The van der Waals surface area contributed by atoms with E-state index in [-0.39, 0.29) is 0 Å². The monoisotopic (exact) mass is 187 g/mol. The second-order valence-corrected chi connectivity index (χ2v) is 3.82. The molecule has 1 heterocycles. The Balaban J connectivity index is 2.31. The first-order valence-electron chi connectivity index (χ1n) is 3.63. The van der Waals surface area contributed by atoms with E-state index in [1.165, 1.54) is 5.56 Å². The normalized spacial score (nSPS) is 10.8. The van der Waals surface area contributed by atoms with E-state index in [2.05, 4.69) is 41.4 Å². The van der Waals surface area contributed by atoms with Crippen LogP contribution in [0.15, 0.2) is 16.8 Å². The lowest BCUT2D eigenvalue weighted by molar-refractivity contribution is 0.349. The standard InChI is InChI=1S/C8H13NS2/c1-9(3-4-10)6-8-2-5-11-7-8/h2,5,7,10H,3-4,6H2,1H3. The lowest BCUT2D eigenvalue weighted by atomic mass is 10.3. The highest BCUT2D eigenvalue weighted by Crippen LogP contribution is 2.07. The molecule has 0 saturated carbocycles. The summed E-state index contributed by atoms with van der Waals surface area (Å²) in [5.41, 5.74) is 1.40. The van der Waals surface area contributed by atoms with Gasteiger partial charge < -0.3 is 4.90 Å². The van der Waals surface area contributed by atoms with Crippen LogP contribution in [0.3, 0.4) is 0 Å². The summed E-state index contributed by atoms with van der Waals surface area (Å²) in [6, 6.07) is 2.17. The van der Waals surface area contributed by atoms with E-state index < -0.39 is 0 Å². The Morgan fingerprint density at radius 1 is 1.64 bits per heavy atom. The van der Waals surface area contributed by atoms with E-state index in [4.69, 9.17) is 0 Å². The minimum absolute atomic E-state index is 0.931. The van der Waals surface area contributed by atoms with Crippen LogP contribution in [0.2, 0.25) is 0 Å². The van der Waals surface area contributed by atoms with Crippen LogP contribution >= 0.6 is 24.0 Å². The van der Waals surface area contributed by atoms with Crippen LogP contribution in [0.5, 0.6) is 0 Å². The predicted molar refractivity (Wildman–Crippen MR) is 54.5 cm³/mol. The Labute approximate surface area is 77.4 Å². The lowest BCUT2D eigenvalue weighted by Crippen LogP contribution is -2.19. The molecule has 1 aromatic heterocycles. The average molecular weight is 187 g/mol. The maximum absolute atomic E-state index is 4.17. The highest BCUT2D eigenvalue weighted by atomic mass is 32.1. The summed E-state index contributed by atoms with van der Waals surface area (Å²) in [5.74, 6) is 0.931. The van der Waals surface area contributed by atoms with E-state index >= 15 is 0 Å². The molecule has 62 valence electrons. The van der Waals surface area contributed by atoms with Crippen molar-refractivity contribution in [1.29, 1.82) is 0 Å². The second-order valence-electron chi connectivity index (χ2n) is 2.59. The van der Waals surface area contributed by atoms with Crippen molar-refractivity contribution < 1.29 is 0 Å². The Kier molecular flexibility index (Phi) is 3.97. The zero-order valence-electron chi connectivity index (χ0n) is 6.66. The predicted octanol–water partition coefficient (Wildman–Crippen LogP) is 2.11. The summed E-state index contributed by atoms with van der Waals surface area (Å²) in [6.45, 7) is 2.10. The molecule has 1 nitrogen and oxygen atoms in total. The zero-order valence-corrected chi connectivity index (χ0v) is 8.37. The summed E-state index contributed by atoms with van der Waals surface area (Å²) in [6.07, 6.45) is 0. The first-order chi connectivity index (χ1) is 5.33. The quantitative estimate of drug-likeness (QED) is 0.707. The van der Waals surface area contributed by atoms with Crippen molar-refractivity contribution in [3.8, 4) is 0 Å². The van der Waals surface area contributed by atoms with E-state index in [1.807, 2.05) is 0 Å². The molecule has 0 aliphatic rings. The van der Waals surface area contributed by atoms with Crippen molar-refractivity contribution >= 4 is 24.0 Å². The van der Waals surface area contributed by atoms with Gasteiger partial charge in [-0.3, -0.25) is 0 Å². The number of hydrogen-bond acceptors (Lipinski definition) is 3. The maximum atomic E-state index is 4.17. The van der Waals surface area contributed by atoms with Crippen molar-refractivity contribution in [2.75, 3.05) is 19.3 Å². The van der Waals surface area contributed by atoms with E-state index in [0.29, 0.717) is 0 Å². The van der Waals surface area contributed by atoms with E-state index in [0.717, 1.165) is 18.8 Å². The van der Waals surface area contributed by atoms with Crippen molar-refractivity contribution in [1.82, 2.24) is 4.90 Å². The third-order valence-corrected chi connectivity index (χ3v) is 2.45. The smallest absolute Gasteiger partial charge is 0.0239 e. The number of hydrogen-bond donors (Lipinski definition) is 1. The molecule has 0 fully saturated rings. The van der Waals surface area contributed by atoms with Gasteiger partial charge in [-0.25, -0.2) is 0 Å². The maximum Gasteiger partial charge on any atom is 0.0239 e. The molecule has 0 bridgehead atoms. The van der Waals surface area contributed by atoms with Gasteiger partial charge in [0.2, 0.25) is 0 Å². The number of rotatable bonds is 4. The van der Waals surface area contributed by atoms with Crippen molar-refractivity contribution in [2.45, 2.75) is 6.54 Å². The molecular formula is C8H13NS2. The molecule has 1 rings (SSSR count). The molecule has 11 heavy (non-hydrogen) atoms. The average Bonchev–Trinajstić information content (AvgIpc) is 2.40. The fourth-order valence-corrected chi connectivity index (χ4v) is 1.95. The first kappa shape index (κ1) is 9.10. The molecule has 0 saturated heterocycles.